The largest absolute Gasteiger partial charge is 0.310 e. The van der Waals surface area contributed by atoms with Crippen LogP contribution in [0.3, 0.4) is 0 Å². The highest BCUT2D eigenvalue weighted by Gasteiger charge is 2.46. The van der Waals surface area contributed by atoms with Crippen molar-refractivity contribution >= 4 is 74.3 Å². The standard InChI is InChI=1S/C102H70BN3/c1-11-32-71(33-12-1)77-54-58-87(59-55-77)104(88-53-31-52-82(62-88)72-34-13-2-14-35-72)89-69-98-100-99(70-89)106(102-92(80-48-27-9-28-49-80)65-86(76-42-21-6-22-43-76)66-93(102)81-50-29-10-30-51-81)97-61-57-84(74-38-17-4-18-39-74)68-95(97)103(100)94-67-83(73-36-15-3-16-37-73)56-60-96(94)105(98)101-90(78-44-23-7-24-45-78)63-85(75-40-19-5-20-41-75)64-91(101)79-46-25-8-26-47-79/h1-70H. The molecule has 19 rings (SSSR count). The lowest BCUT2D eigenvalue weighted by Crippen LogP contribution is -2.61. The van der Waals surface area contributed by atoms with Crippen molar-refractivity contribution in [3.05, 3.63) is 425 Å². The van der Waals surface area contributed by atoms with Crippen molar-refractivity contribution in [3.63, 3.8) is 0 Å². The van der Waals surface area contributed by atoms with E-state index in [2.05, 4.69) is 439 Å². The molecular weight excluding hydrogens is 1280 g/mol. The van der Waals surface area contributed by atoms with E-state index < -0.39 is 0 Å². The van der Waals surface area contributed by atoms with Gasteiger partial charge in [0.15, 0.2) is 0 Å². The van der Waals surface area contributed by atoms with Gasteiger partial charge in [-0.05, 0) is 178 Å². The molecule has 0 aliphatic carbocycles. The first-order chi connectivity index (χ1) is 52.6. The Bertz CT molecular complexity index is 5620. The summed E-state index contributed by atoms with van der Waals surface area (Å²) in [7, 11) is 0. The number of benzene rings is 17. The van der Waals surface area contributed by atoms with Gasteiger partial charge < -0.3 is 14.7 Å². The number of rotatable bonds is 15. The first kappa shape index (κ1) is 63.2. The van der Waals surface area contributed by atoms with Crippen molar-refractivity contribution in [1.29, 1.82) is 0 Å². The molecule has 0 atom stereocenters. The molecule has 0 aromatic heterocycles. The zero-order chi connectivity index (χ0) is 70.3. The lowest BCUT2D eigenvalue weighted by molar-refractivity contribution is 1.23. The third-order valence-electron chi connectivity index (χ3n) is 21.2. The minimum Gasteiger partial charge on any atom is -0.310 e. The molecule has 0 saturated heterocycles. The van der Waals surface area contributed by atoms with Crippen molar-refractivity contribution in [2.24, 2.45) is 0 Å². The average Bonchev–Trinajstić information content (AvgIpc) is 0.686. The molecule has 0 bridgehead atoms. The van der Waals surface area contributed by atoms with E-state index in [1.54, 1.807) is 0 Å². The Morgan fingerprint density at radius 1 is 0.170 bits per heavy atom. The van der Waals surface area contributed by atoms with Crippen LogP contribution in [0.2, 0.25) is 0 Å². The number of nitrogens with zero attached hydrogens (tertiary/aromatic N) is 3. The number of fused-ring (bicyclic) bond motifs is 4. The van der Waals surface area contributed by atoms with E-state index in [1.807, 2.05) is 0 Å². The maximum absolute atomic E-state index is 2.68. The van der Waals surface area contributed by atoms with Crippen molar-refractivity contribution in [2.45, 2.75) is 0 Å². The van der Waals surface area contributed by atoms with E-state index in [0.717, 1.165) is 162 Å². The van der Waals surface area contributed by atoms with Crippen LogP contribution in [0, 0.1) is 0 Å². The van der Waals surface area contributed by atoms with Gasteiger partial charge in [-0.25, -0.2) is 0 Å². The monoisotopic (exact) mass is 1350 g/mol. The minimum absolute atomic E-state index is 0.309. The molecule has 0 amide bonds. The van der Waals surface area contributed by atoms with Crippen LogP contribution in [0.4, 0.5) is 51.2 Å². The molecule has 2 aliphatic rings. The zero-order valence-corrected chi connectivity index (χ0v) is 58.3. The molecule has 3 nitrogen and oxygen atoms in total. The summed E-state index contributed by atoms with van der Waals surface area (Å²) in [5.74, 6) is 0. The van der Waals surface area contributed by atoms with E-state index in [4.69, 9.17) is 0 Å². The Morgan fingerprint density at radius 3 is 0.764 bits per heavy atom. The lowest BCUT2D eigenvalue weighted by Gasteiger charge is -2.46. The molecule has 0 unspecified atom stereocenters. The van der Waals surface area contributed by atoms with Crippen LogP contribution in [0.15, 0.2) is 425 Å². The van der Waals surface area contributed by atoms with Gasteiger partial charge in [-0.15, -0.1) is 0 Å². The molecule has 0 saturated carbocycles. The molecule has 496 valence electrons. The Balaban J connectivity index is 1.01. The van der Waals surface area contributed by atoms with Crippen LogP contribution in [-0.2, 0) is 0 Å². The van der Waals surface area contributed by atoms with Gasteiger partial charge >= 0.3 is 0 Å². The molecule has 17 aromatic carbocycles. The van der Waals surface area contributed by atoms with Crippen molar-refractivity contribution in [2.75, 3.05) is 14.7 Å². The first-order valence-electron chi connectivity index (χ1n) is 36.6. The maximum atomic E-state index is 2.68. The third kappa shape index (κ3) is 11.7. The van der Waals surface area contributed by atoms with Crippen LogP contribution >= 0.6 is 0 Å². The number of anilines is 9. The van der Waals surface area contributed by atoms with Crippen LogP contribution < -0.4 is 31.1 Å². The molecule has 2 heterocycles. The number of hydrogen-bond acceptors (Lipinski definition) is 3. The molecule has 17 aromatic rings. The Morgan fingerprint density at radius 2 is 0.434 bits per heavy atom. The summed E-state index contributed by atoms with van der Waals surface area (Å²) in [6.45, 7) is -0.309. The lowest BCUT2D eigenvalue weighted by atomic mass is 9.33. The van der Waals surface area contributed by atoms with Crippen LogP contribution in [0.5, 0.6) is 0 Å². The highest BCUT2D eigenvalue weighted by atomic mass is 15.2. The predicted molar refractivity (Wildman–Crippen MR) is 450 cm³/mol. The van der Waals surface area contributed by atoms with Gasteiger partial charge in [-0.2, -0.15) is 0 Å². The summed E-state index contributed by atoms with van der Waals surface area (Å²) in [6, 6.07) is 157. The highest BCUT2D eigenvalue weighted by molar-refractivity contribution is 7.00. The van der Waals surface area contributed by atoms with Crippen molar-refractivity contribution in [1.82, 2.24) is 0 Å². The molecule has 0 radical (unpaired) electrons. The van der Waals surface area contributed by atoms with Gasteiger partial charge in [0.1, 0.15) is 0 Å². The maximum Gasteiger partial charge on any atom is 0.252 e. The SMILES string of the molecule is c1ccc(-c2ccc(N(c3cccc(-c4ccccc4)c3)c3cc4c5c(c3)N(c3c(-c6ccccc6)cc(-c6ccccc6)cc3-c3ccccc3)c3ccc(-c6ccccc6)cc3B5c3cc(-c5ccccc5)ccc3N4c3c(-c4ccccc4)cc(-c4ccccc4)cc3-c3ccccc3)cc2)cc1. The molecular formula is C102H70BN3. The molecule has 0 N–H and O–H groups in total. The molecule has 4 heteroatoms. The Labute approximate surface area is 620 Å². The van der Waals surface area contributed by atoms with Crippen LogP contribution in [0.1, 0.15) is 0 Å². The summed E-state index contributed by atoms with van der Waals surface area (Å²) in [5.41, 5.74) is 35.7. The van der Waals surface area contributed by atoms with Crippen molar-refractivity contribution in [3.8, 4) is 111 Å². The summed E-state index contributed by atoms with van der Waals surface area (Å²) in [4.78, 5) is 7.87. The predicted octanol–water partition coefficient (Wildman–Crippen LogP) is 25.9. The van der Waals surface area contributed by atoms with Crippen LogP contribution in [-0.4, -0.2) is 6.71 Å². The fourth-order valence-electron chi connectivity index (χ4n) is 16.3. The summed E-state index contributed by atoms with van der Waals surface area (Å²) in [6.07, 6.45) is 0. The summed E-state index contributed by atoms with van der Waals surface area (Å²) < 4.78 is 0. The van der Waals surface area contributed by atoms with Gasteiger partial charge in [0.05, 0.1) is 17.1 Å². The van der Waals surface area contributed by atoms with Crippen LogP contribution in [0.25, 0.3) is 111 Å². The zero-order valence-electron chi connectivity index (χ0n) is 58.3. The smallest absolute Gasteiger partial charge is 0.252 e. The Kier molecular flexibility index (Phi) is 16.4. The minimum atomic E-state index is -0.309. The molecule has 0 spiro atoms. The van der Waals surface area contributed by atoms with Gasteiger partial charge in [0.25, 0.3) is 6.71 Å². The fourth-order valence-corrected chi connectivity index (χ4v) is 16.3. The second-order valence-corrected chi connectivity index (χ2v) is 27.5. The van der Waals surface area contributed by atoms with E-state index in [0.29, 0.717) is 0 Å². The quantitative estimate of drug-likeness (QED) is 0.0947. The van der Waals surface area contributed by atoms with Gasteiger partial charge in [0, 0.05) is 56.4 Å². The summed E-state index contributed by atoms with van der Waals surface area (Å²) >= 11 is 0. The third-order valence-corrected chi connectivity index (χ3v) is 21.2. The highest BCUT2D eigenvalue weighted by Crippen LogP contribution is 2.56. The fraction of sp³-hybridized carbons (Fsp3) is 0. The van der Waals surface area contributed by atoms with Crippen molar-refractivity contribution < 1.29 is 0 Å². The molecule has 2 aliphatic heterocycles. The molecule has 0 fully saturated rings. The summed E-state index contributed by atoms with van der Waals surface area (Å²) in [5, 5.41) is 0. The molecule has 106 heavy (non-hydrogen) atoms. The topological polar surface area (TPSA) is 9.72 Å². The number of hydrogen-bond donors (Lipinski definition) is 0. The van der Waals surface area contributed by atoms with E-state index >= 15 is 0 Å². The van der Waals surface area contributed by atoms with Gasteiger partial charge in [-0.1, -0.05) is 352 Å². The first-order valence-corrected chi connectivity index (χ1v) is 36.6. The van der Waals surface area contributed by atoms with Gasteiger partial charge in [-0.3, -0.25) is 0 Å². The second-order valence-electron chi connectivity index (χ2n) is 27.5. The van der Waals surface area contributed by atoms with E-state index in [-0.39, 0.29) is 6.71 Å². The van der Waals surface area contributed by atoms with Gasteiger partial charge in [0.2, 0.25) is 0 Å². The second kappa shape index (κ2) is 27.5. The Hall–Kier alpha value is -13.8. The van der Waals surface area contributed by atoms with E-state index in [1.165, 1.54) is 16.4 Å². The van der Waals surface area contributed by atoms with E-state index in [9.17, 15) is 0 Å². The average molecular weight is 1350 g/mol. The normalized spacial score (nSPS) is 11.9.